The third-order valence-electron chi connectivity index (χ3n) is 4.59. The first-order valence-corrected chi connectivity index (χ1v) is 9.43. The van der Waals surface area contributed by atoms with E-state index in [0.29, 0.717) is 5.82 Å². The standard InChI is InChI=1S/C21H24N6O2/c1-4-16-10-6-8-12-18(16)22-19(28)13-26(3)20(29)14-27-24-21(23-25-27)17-11-7-5-9-15(17)2/h5-12H,4,13-14H2,1-3H3,(H,22,28). The van der Waals surface area contributed by atoms with E-state index in [1.807, 2.05) is 62.4 Å². The van der Waals surface area contributed by atoms with Crippen molar-refractivity contribution >= 4 is 17.5 Å². The monoisotopic (exact) mass is 392 g/mol. The summed E-state index contributed by atoms with van der Waals surface area (Å²) in [5.74, 6) is -0.0703. The number of amides is 2. The van der Waals surface area contributed by atoms with Crippen molar-refractivity contribution in [1.82, 2.24) is 25.1 Å². The SMILES string of the molecule is CCc1ccccc1NC(=O)CN(C)C(=O)Cn1nnc(-c2ccccc2C)n1. The van der Waals surface area contributed by atoms with Crippen molar-refractivity contribution < 1.29 is 9.59 Å². The molecule has 0 aliphatic rings. The number of nitrogens with one attached hydrogen (secondary N) is 1. The Morgan fingerprint density at radius 3 is 2.59 bits per heavy atom. The summed E-state index contributed by atoms with van der Waals surface area (Å²) in [5.41, 5.74) is 3.71. The molecule has 0 aliphatic carbocycles. The summed E-state index contributed by atoms with van der Waals surface area (Å²) in [5, 5.41) is 15.1. The first-order valence-electron chi connectivity index (χ1n) is 9.43. The third-order valence-corrected chi connectivity index (χ3v) is 4.59. The van der Waals surface area contributed by atoms with Crippen LogP contribution in [0.2, 0.25) is 0 Å². The summed E-state index contributed by atoms with van der Waals surface area (Å²) in [6, 6.07) is 15.3. The van der Waals surface area contributed by atoms with Crippen LogP contribution < -0.4 is 5.32 Å². The van der Waals surface area contributed by atoms with E-state index in [0.717, 1.165) is 28.8 Å². The second-order valence-electron chi connectivity index (χ2n) is 6.77. The molecular weight excluding hydrogens is 368 g/mol. The number of carbonyl (C=O) groups is 2. The summed E-state index contributed by atoms with van der Waals surface area (Å²) in [6.07, 6.45) is 0.812. The summed E-state index contributed by atoms with van der Waals surface area (Å²) < 4.78 is 0. The quantitative estimate of drug-likeness (QED) is 0.666. The molecule has 2 amide bonds. The summed E-state index contributed by atoms with van der Waals surface area (Å²) in [4.78, 5) is 27.4. The van der Waals surface area contributed by atoms with Crippen LogP contribution in [0.15, 0.2) is 48.5 Å². The number of rotatable bonds is 7. The van der Waals surface area contributed by atoms with Crippen molar-refractivity contribution in [1.29, 1.82) is 0 Å². The third kappa shape index (κ3) is 5.04. The molecule has 150 valence electrons. The van der Waals surface area contributed by atoms with Crippen molar-refractivity contribution in [3.05, 3.63) is 59.7 Å². The highest BCUT2D eigenvalue weighted by molar-refractivity contribution is 5.95. The maximum Gasteiger partial charge on any atom is 0.246 e. The van der Waals surface area contributed by atoms with Gasteiger partial charge < -0.3 is 10.2 Å². The van der Waals surface area contributed by atoms with Gasteiger partial charge in [0.2, 0.25) is 17.6 Å². The van der Waals surface area contributed by atoms with Gasteiger partial charge in [-0.15, -0.1) is 10.2 Å². The first kappa shape index (κ1) is 20.2. The molecule has 8 heteroatoms. The average Bonchev–Trinajstić information content (AvgIpc) is 3.16. The van der Waals surface area contributed by atoms with Gasteiger partial charge in [0.05, 0.1) is 6.54 Å². The van der Waals surface area contributed by atoms with Gasteiger partial charge in [0.1, 0.15) is 6.54 Å². The van der Waals surface area contributed by atoms with E-state index >= 15 is 0 Å². The van der Waals surface area contributed by atoms with Gasteiger partial charge in [0.25, 0.3) is 0 Å². The van der Waals surface area contributed by atoms with E-state index in [1.165, 1.54) is 9.70 Å². The fourth-order valence-electron chi connectivity index (χ4n) is 2.93. The predicted octanol–water partition coefficient (Wildman–Crippen LogP) is 2.31. The van der Waals surface area contributed by atoms with Crippen LogP contribution in [0.25, 0.3) is 11.4 Å². The molecule has 0 fully saturated rings. The topological polar surface area (TPSA) is 93.0 Å². The summed E-state index contributed by atoms with van der Waals surface area (Å²) in [7, 11) is 1.58. The minimum atomic E-state index is -0.280. The molecule has 29 heavy (non-hydrogen) atoms. The Morgan fingerprint density at radius 1 is 1.10 bits per heavy atom. The van der Waals surface area contributed by atoms with Crippen LogP contribution in [-0.4, -0.2) is 50.5 Å². The second-order valence-corrected chi connectivity index (χ2v) is 6.77. The number of hydrogen-bond donors (Lipinski definition) is 1. The van der Waals surface area contributed by atoms with Crippen LogP contribution >= 0.6 is 0 Å². The van der Waals surface area contributed by atoms with Gasteiger partial charge in [-0.25, -0.2) is 0 Å². The Bertz CT molecular complexity index is 1010. The lowest BCUT2D eigenvalue weighted by Crippen LogP contribution is -2.37. The first-order chi connectivity index (χ1) is 14.0. The lowest BCUT2D eigenvalue weighted by Gasteiger charge is -2.17. The van der Waals surface area contributed by atoms with E-state index in [4.69, 9.17) is 0 Å². The number of benzene rings is 2. The Labute approximate surface area is 169 Å². The fourth-order valence-corrected chi connectivity index (χ4v) is 2.93. The maximum atomic E-state index is 12.5. The Hall–Kier alpha value is -3.55. The summed E-state index contributed by atoms with van der Waals surface area (Å²) in [6.45, 7) is 3.84. The normalized spacial score (nSPS) is 10.6. The molecule has 0 unspecified atom stereocenters. The average molecular weight is 392 g/mol. The van der Waals surface area contributed by atoms with Gasteiger partial charge in [-0.3, -0.25) is 9.59 Å². The fraction of sp³-hybridized carbons (Fsp3) is 0.286. The zero-order chi connectivity index (χ0) is 20.8. The van der Waals surface area contributed by atoms with Crippen LogP contribution in [0, 0.1) is 6.92 Å². The van der Waals surface area contributed by atoms with Crippen LogP contribution in [-0.2, 0) is 22.6 Å². The van der Waals surface area contributed by atoms with E-state index in [9.17, 15) is 9.59 Å². The Balaban J connectivity index is 1.58. The molecular formula is C21H24N6O2. The van der Waals surface area contributed by atoms with Crippen LogP contribution in [0.4, 0.5) is 5.69 Å². The largest absolute Gasteiger partial charge is 0.335 e. The van der Waals surface area contributed by atoms with E-state index in [1.54, 1.807) is 7.05 Å². The van der Waals surface area contributed by atoms with Crippen molar-refractivity contribution in [2.24, 2.45) is 0 Å². The Morgan fingerprint density at radius 2 is 1.83 bits per heavy atom. The lowest BCUT2D eigenvalue weighted by atomic mass is 10.1. The number of hydrogen-bond acceptors (Lipinski definition) is 5. The number of nitrogens with zero attached hydrogens (tertiary/aromatic N) is 5. The smallest absolute Gasteiger partial charge is 0.246 e. The van der Waals surface area contributed by atoms with Gasteiger partial charge in [0, 0.05) is 18.3 Å². The van der Waals surface area contributed by atoms with Gasteiger partial charge in [0.15, 0.2) is 0 Å². The molecule has 2 aromatic carbocycles. The Kier molecular flexibility index (Phi) is 6.33. The molecule has 0 aliphatic heterocycles. The maximum absolute atomic E-state index is 12.5. The van der Waals surface area contributed by atoms with E-state index in [-0.39, 0.29) is 24.9 Å². The zero-order valence-corrected chi connectivity index (χ0v) is 16.8. The molecule has 1 aromatic heterocycles. The number of likely N-dealkylation sites (N-methyl/N-ethyl adjacent to an activating group) is 1. The number of para-hydroxylation sites is 1. The zero-order valence-electron chi connectivity index (χ0n) is 16.8. The van der Waals surface area contributed by atoms with Gasteiger partial charge >= 0.3 is 0 Å². The van der Waals surface area contributed by atoms with Crippen LogP contribution in [0.5, 0.6) is 0 Å². The number of carbonyl (C=O) groups excluding carboxylic acids is 2. The van der Waals surface area contributed by atoms with Gasteiger partial charge in [-0.1, -0.05) is 49.4 Å². The highest BCUT2D eigenvalue weighted by atomic mass is 16.2. The molecule has 0 saturated carbocycles. The number of anilines is 1. The van der Waals surface area contributed by atoms with E-state index < -0.39 is 0 Å². The molecule has 0 saturated heterocycles. The van der Waals surface area contributed by atoms with Crippen LogP contribution in [0.3, 0.4) is 0 Å². The number of tetrazole rings is 1. The number of aryl methyl sites for hydroxylation is 2. The molecule has 3 rings (SSSR count). The van der Waals surface area contributed by atoms with Crippen molar-refractivity contribution in [3.63, 3.8) is 0 Å². The molecule has 3 aromatic rings. The molecule has 1 N–H and O–H groups in total. The van der Waals surface area contributed by atoms with Crippen LogP contribution in [0.1, 0.15) is 18.1 Å². The minimum absolute atomic E-state index is 0.0593. The highest BCUT2D eigenvalue weighted by Crippen LogP contribution is 2.18. The minimum Gasteiger partial charge on any atom is -0.335 e. The molecule has 0 bridgehead atoms. The molecule has 0 atom stereocenters. The number of aromatic nitrogens is 4. The lowest BCUT2D eigenvalue weighted by molar-refractivity contribution is -0.134. The molecule has 1 heterocycles. The molecule has 0 radical (unpaired) electrons. The van der Waals surface area contributed by atoms with E-state index in [2.05, 4.69) is 20.7 Å². The molecule has 0 spiro atoms. The van der Waals surface area contributed by atoms with Gasteiger partial charge in [-0.2, -0.15) is 4.80 Å². The van der Waals surface area contributed by atoms with Crippen molar-refractivity contribution in [2.45, 2.75) is 26.8 Å². The van der Waals surface area contributed by atoms with Gasteiger partial charge in [-0.05, 0) is 35.8 Å². The molecule has 8 nitrogen and oxygen atoms in total. The van der Waals surface area contributed by atoms with Crippen molar-refractivity contribution in [2.75, 3.05) is 18.9 Å². The predicted molar refractivity (Wildman–Crippen MR) is 110 cm³/mol. The second kappa shape index (κ2) is 9.09. The van der Waals surface area contributed by atoms with Crippen molar-refractivity contribution in [3.8, 4) is 11.4 Å². The highest BCUT2D eigenvalue weighted by Gasteiger charge is 2.16. The summed E-state index contributed by atoms with van der Waals surface area (Å²) >= 11 is 0.